The van der Waals surface area contributed by atoms with Gasteiger partial charge in [0.25, 0.3) is 0 Å². The normalized spacial score (nSPS) is 20.2. The van der Waals surface area contributed by atoms with Crippen LogP contribution in [0.4, 0.5) is 0 Å². The molecule has 3 nitrogen and oxygen atoms in total. The summed E-state index contributed by atoms with van der Waals surface area (Å²) >= 11 is 1.85. The largest absolute Gasteiger partial charge is 0.481 e. The van der Waals surface area contributed by atoms with Crippen molar-refractivity contribution in [3.63, 3.8) is 0 Å². The smallest absolute Gasteiger partial charge is 0.303 e. The number of carbonyl (C=O) groups is 1. The quantitative estimate of drug-likeness (QED) is 0.877. The third-order valence-corrected chi connectivity index (χ3v) is 4.42. The van der Waals surface area contributed by atoms with Gasteiger partial charge < -0.3 is 5.11 Å². The van der Waals surface area contributed by atoms with Crippen LogP contribution in [0.5, 0.6) is 0 Å². The number of fused-ring (bicyclic) bond motifs is 1. The van der Waals surface area contributed by atoms with Crippen molar-refractivity contribution in [1.82, 2.24) is 4.90 Å². The van der Waals surface area contributed by atoms with Crippen LogP contribution < -0.4 is 0 Å². The van der Waals surface area contributed by atoms with E-state index in [9.17, 15) is 4.79 Å². The lowest BCUT2D eigenvalue weighted by Gasteiger charge is -2.35. The van der Waals surface area contributed by atoms with E-state index in [1.165, 1.54) is 10.4 Å². The summed E-state index contributed by atoms with van der Waals surface area (Å²) in [5.74, 6) is -0.689. The standard InChI is InChI=1S/C13H19NO2S/c1-2-11-10-6-9-17-12(10)5-8-14(11)7-3-4-13(15)16/h6,9,11H,2-5,7-8H2,1H3,(H,15,16)/t11-/m1/s1. The summed E-state index contributed by atoms with van der Waals surface area (Å²) in [6.07, 6.45) is 3.27. The number of carboxylic acid groups (broad SMARTS) is 1. The summed E-state index contributed by atoms with van der Waals surface area (Å²) in [7, 11) is 0. The second-order valence-corrected chi connectivity index (χ2v) is 5.51. The van der Waals surface area contributed by atoms with Gasteiger partial charge in [-0.05, 0) is 42.8 Å². The highest BCUT2D eigenvalue weighted by Gasteiger charge is 2.26. The van der Waals surface area contributed by atoms with E-state index in [0.29, 0.717) is 6.04 Å². The Morgan fingerprint density at radius 1 is 1.65 bits per heavy atom. The zero-order valence-electron chi connectivity index (χ0n) is 10.2. The molecule has 1 aromatic heterocycles. The minimum Gasteiger partial charge on any atom is -0.481 e. The monoisotopic (exact) mass is 253 g/mol. The number of hydrogen-bond donors (Lipinski definition) is 1. The lowest BCUT2D eigenvalue weighted by Crippen LogP contribution is -2.35. The molecule has 0 spiro atoms. The fourth-order valence-corrected chi connectivity index (χ4v) is 3.56. The molecule has 1 N–H and O–H groups in total. The molecule has 1 aliphatic rings. The molecule has 2 heterocycles. The van der Waals surface area contributed by atoms with Crippen LogP contribution in [0.25, 0.3) is 0 Å². The van der Waals surface area contributed by atoms with Crippen molar-refractivity contribution in [3.8, 4) is 0 Å². The maximum Gasteiger partial charge on any atom is 0.303 e. The van der Waals surface area contributed by atoms with Crippen LogP contribution >= 0.6 is 11.3 Å². The second kappa shape index (κ2) is 5.65. The van der Waals surface area contributed by atoms with Crippen molar-refractivity contribution in [2.24, 2.45) is 0 Å². The Morgan fingerprint density at radius 3 is 3.18 bits per heavy atom. The van der Waals surface area contributed by atoms with Gasteiger partial charge in [0.05, 0.1) is 0 Å². The Kier molecular flexibility index (Phi) is 4.18. The number of rotatable bonds is 5. The average Bonchev–Trinajstić information content (AvgIpc) is 2.76. The first-order valence-corrected chi connectivity index (χ1v) is 7.12. The Balaban J connectivity index is 1.97. The van der Waals surface area contributed by atoms with Gasteiger partial charge in [-0.3, -0.25) is 9.69 Å². The van der Waals surface area contributed by atoms with E-state index < -0.39 is 5.97 Å². The van der Waals surface area contributed by atoms with Crippen LogP contribution in [0.2, 0.25) is 0 Å². The topological polar surface area (TPSA) is 40.5 Å². The van der Waals surface area contributed by atoms with Gasteiger partial charge in [0.1, 0.15) is 0 Å². The van der Waals surface area contributed by atoms with Gasteiger partial charge in [0.15, 0.2) is 0 Å². The summed E-state index contributed by atoms with van der Waals surface area (Å²) in [6.45, 7) is 4.19. The molecule has 0 saturated heterocycles. The van der Waals surface area contributed by atoms with Crippen molar-refractivity contribution >= 4 is 17.3 Å². The molecule has 1 aromatic rings. The third-order valence-electron chi connectivity index (χ3n) is 3.43. The first-order chi connectivity index (χ1) is 8.22. The Bertz CT molecular complexity index is 389. The number of carboxylic acids is 1. The van der Waals surface area contributed by atoms with E-state index in [0.717, 1.165) is 32.4 Å². The third kappa shape index (κ3) is 2.87. The van der Waals surface area contributed by atoms with Gasteiger partial charge in [-0.15, -0.1) is 11.3 Å². The summed E-state index contributed by atoms with van der Waals surface area (Å²) in [6, 6.07) is 2.73. The second-order valence-electron chi connectivity index (χ2n) is 4.51. The molecule has 94 valence electrons. The van der Waals surface area contributed by atoms with E-state index in [1.807, 2.05) is 11.3 Å². The van der Waals surface area contributed by atoms with Crippen LogP contribution in [0.15, 0.2) is 11.4 Å². The zero-order chi connectivity index (χ0) is 12.3. The van der Waals surface area contributed by atoms with Crippen molar-refractivity contribution < 1.29 is 9.90 Å². The van der Waals surface area contributed by atoms with Crippen molar-refractivity contribution in [1.29, 1.82) is 0 Å². The van der Waals surface area contributed by atoms with Gasteiger partial charge in [-0.1, -0.05) is 6.92 Å². The number of thiophene rings is 1. The highest BCUT2D eigenvalue weighted by atomic mass is 32.1. The predicted octanol–water partition coefficient (Wildman–Crippen LogP) is 2.92. The molecule has 0 aromatic carbocycles. The minimum atomic E-state index is -0.689. The number of nitrogens with zero attached hydrogens (tertiary/aromatic N) is 1. The Morgan fingerprint density at radius 2 is 2.47 bits per heavy atom. The average molecular weight is 253 g/mol. The SMILES string of the molecule is CC[C@@H]1c2ccsc2CCN1CCCC(=O)O. The first kappa shape index (κ1) is 12.6. The molecule has 0 fully saturated rings. The molecule has 0 saturated carbocycles. The fourth-order valence-electron chi connectivity index (χ4n) is 2.63. The van der Waals surface area contributed by atoms with Crippen LogP contribution in [-0.2, 0) is 11.2 Å². The fraction of sp³-hybridized carbons (Fsp3) is 0.615. The number of aliphatic carboxylic acids is 1. The summed E-state index contributed by atoms with van der Waals surface area (Å²) in [5.41, 5.74) is 1.47. The van der Waals surface area contributed by atoms with Crippen molar-refractivity contribution in [2.75, 3.05) is 13.1 Å². The van der Waals surface area contributed by atoms with Crippen LogP contribution in [0, 0.1) is 0 Å². The molecule has 4 heteroatoms. The molecular weight excluding hydrogens is 234 g/mol. The van der Waals surface area contributed by atoms with Gasteiger partial charge >= 0.3 is 5.97 Å². The molecule has 1 aliphatic heterocycles. The maximum absolute atomic E-state index is 10.5. The van der Waals surface area contributed by atoms with E-state index in [-0.39, 0.29) is 6.42 Å². The highest BCUT2D eigenvalue weighted by Crippen LogP contribution is 2.35. The summed E-state index contributed by atoms with van der Waals surface area (Å²) in [5, 5.41) is 10.8. The van der Waals surface area contributed by atoms with Crippen LogP contribution in [0.1, 0.15) is 42.7 Å². The predicted molar refractivity (Wildman–Crippen MR) is 69.5 cm³/mol. The van der Waals surface area contributed by atoms with E-state index in [4.69, 9.17) is 5.11 Å². The van der Waals surface area contributed by atoms with Crippen molar-refractivity contribution in [3.05, 3.63) is 21.9 Å². The van der Waals surface area contributed by atoms with Crippen LogP contribution in [0.3, 0.4) is 0 Å². The Hall–Kier alpha value is -0.870. The summed E-state index contributed by atoms with van der Waals surface area (Å²) in [4.78, 5) is 14.5. The van der Waals surface area contributed by atoms with E-state index >= 15 is 0 Å². The van der Waals surface area contributed by atoms with E-state index in [2.05, 4.69) is 23.3 Å². The highest BCUT2D eigenvalue weighted by molar-refractivity contribution is 7.10. The van der Waals surface area contributed by atoms with Crippen molar-refractivity contribution in [2.45, 2.75) is 38.6 Å². The lowest BCUT2D eigenvalue weighted by atomic mass is 9.97. The van der Waals surface area contributed by atoms with Gasteiger partial charge in [-0.2, -0.15) is 0 Å². The van der Waals surface area contributed by atoms with Gasteiger partial charge in [0, 0.05) is 23.9 Å². The molecule has 0 aliphatic carbocycles. The minimum absolute atomic E-state index is 0.281. The molecule has 2 rings (SSSR count). The Labute approximate surface area is 106 Å². The molecule has 1 atom stereocenters. The summed E-state index contributed by atoms with van der Waals surface area (Å²) < 4.78 is 0. The zero-order valence-corrected chi connectivity index (χ0v) is 11.0. The lowest BCUT2D eigenvalue weighted by molar-refractivity contribution is -0.137. The number of hydrogen-bond acceptors (Lipinski definition) is 3. The molecule has 17 heavy (non-hydrogen) atoms. The van der Waals surface area contributed by atoms with Gasteiger partial charge in [0.2, 0.25) is 0 Å². The van der Waals surface area contributed by atoms with Gasteiger partial charge in [-0.25, -0.2) is 0 Å². The molecule has 0 bridgehead atoms. The molecule has 0 unspecified atom stereocenters. The molecule has 0 amide bonds. The van der Waals surface area contributed by atoms with Crippen LogP contribution in [-0.4, -0.2) is 29.1 Å². The first-order valence-electron chi connectivity index (χ1n) is 6.24. The maximum atomic E-state index is 10.5. The molecular formula is C13H19NO2S. The molecule has 0 radical (unpaired) electrons. The van der Waals surface area contributed by atoms with E-state index in [1.54, 1.807) is 0 Å².